The summed E-state index contributed by atoms with van der Waals surface area (Å²) >= 11 is 12.1. The molecule has 0 spiro atoms. The first-order valence-electron chi connectivity index (χ1n) is 6.68. The van der Waals surface area contributed by atoms with Crippen LogP contribution in [0, 0.1) is 0 Å². The largest absolute Gasteiger partial charge is 0.375 e. The summed E-state index contributed by atoms with van der Waals surface area (Å²) in [6, 6.07) is 14.0. The fraction of sp³-hybridized carbons (Fsp3) is 0.188. The molecular formula is C16H16Cl2N2O2. The predicted octanol–water partition coefficient (Wildman–Crippen LogP) is 4.50. The van der Waals surface area contributed by atoms with Gasteiger partial charge in [-0.05, 0) is 18.2 Å². The zero-order chi connectivity index (χ0) is 15.9. The van der Waals surface area contributed by atoms with Crippen LogP contribution >= 0.6 is 23.2 Å². The molecule has 0 radical (unpaired) electrons. The van der Waals surface area contributed by atoms with Crippen molar-refractivity contribution in [2.45, 2.75) is 6.10 Å². The van der Waals surface area contributed by atoms with E-state index in [1.807, 2.05) is 18.2 Å². The summed E-state index contributed by atoms with van der Waals surface area (Å²) in [7, 11) is 1.57. The van der Waals surface area contributed by atoms with Crippen molar-refractivity contribution >= 4 is 34.9 Å². The van der Waals surface area contributed by atoms with Gasteiger partial charge in [0.1, 0.15) is 6.10 Å². The van der Waals surface area contributed by atoms with Gasteiger partial charge >= 0.3 is 6.03 Å². The number of methoxy groups -OCH3 is 1. The minimum Gasteiger partial charge on any atom is -0.375 e. The van der Waals surface area contributed by atoms with E-state index in [1.165, 1.54) is 0 Å². The molecule has 0 aliphatic heterocycles. The maximum absolute atomic E-state index is 11.9. The molecule has 0 heterocycles. The molecule has 1 unspecified atom stereocenters. The smallest absolute Gasteiger partial charge is 0.319 e. The van der Waals surface area contributed by atoms with Crippen molar-refractivity contribution in [1.29, 1.82) is 0 Å². The molecule has 2 aromatic carbocycles. The van der Waals surface area contributed by atoms with Crippen molar-refractivity contribution in [3.63, 3.8) is 0 Å². The molecule has 1 atom stereocenters. The van der Waals surface area contributed by atoms with Gasteiger partial charge < -0.3 is 15.4 Å². The number of hydrogen-bond donors (Lipinski definition) is 2. The van der Waals surface area contributed by atoms with Gasteiger partial charge in [0.25, 0.3) is 0 Å². The highest BCUT2D eigenvalue weighted by Gasteiger charge is 2.15. The third kappa shape index (κ3) is 4.37. The number of amides is 2. The van der Waals surface area contributed by atoms with Gasteiger partial charge in [0.05, 0.1) is 10.7 Å². The number of anilines is 1. The van der Waals surface area contributed by atoms with Crippen molar-refractivity contribution in [1.82, 2.24) is 5.32 Å². The Hall–Kier alpha value is -1.75. The number of hydrogen-bond acceptors (Lipinski definition) is 2. The first kappa shape index (κ1) is 16.6. The van der Waals surface area contributed by atoms with Crippen molar-refractivity contribution in [3.05, 3.63) is 64.1 Å². The number of carbonyl (C=O) groups excluding carboxylic acids is 1. The lowest BCUT2D eigenvalue weighted by Gasteiger charge is -2.18. The molecule has 116 valence electrons. The lowest BCUT2D eigenvalue weighted by atomic mass is 10.1. The minimum atomic E-state index is -0.359. The monoisotopic (exact) mass is 338 g/mol. The molecule has 0 bridgehead atoms. The Morgan fingerprint density at radius 2 is 1.73 bits per heavy atom. The van der Waals surface area contributed by atoms with Gasteiger partial charge in [-0.1, -0.05) is 53.5 Å². The van der Waals surface area contributed by atoms with Crippen LogP contribution in [0.2, 0.25) is 10.0 Å². The van der Waals surface area contributed by atoms with Gasteiger partial charge in [-0.15, -0.1) is 0 Å². The van der Waals surface area contributed by atoms with Gasteiger partial charge in [-0.2, -0.15) is 0 Å². The molecule has 2 amide bonds. The third-order valence-corrected chi connectivity index (χ3v) is 3.78. The van der Waals surface area contributed by atoms with Crippen LogP contribution in [-0.4, -0.2) is 19.7 Å². The maximum atomic E-state index is 11.9. The van der Waals surface area contributed by atoms with Crippen LogP contribution in [0.5, 0.6) is 0 Å². The Bertz CT molecular complexity index is 650. The molecule has 0 aliphatic rings. The van der Waals surface area contributed by atoms with Gasteiger partial charge in [0, 0.05) is 24.2 Å². The van der Waals surface area contributed by atoms with Crippen molar-refractivity contribution < 1.29 is 9.53 Å². The molecular weight excluding hydrogens is 323 g/mol. The summed E-state index contributed by atoms with van der Waals surface area (Å²) in [6.07, 6.45) is -0.328. The van der Waals surface area contributed by atoms with E-state index in [-0.39, 0.29) is 18.7 Å². The summed E-state index contributed by atoms with van der Waals surface area (Å²) in [5.74, 6) is 0. The number of halogens is 2. The number of urea groups is 1. The Kier molecular flexibility index (Phi) is 6.07. The van der Waals surface area contributed by atoms with E-state index in [4.69, 9.17) is 27.9 Å². The van der Waals surface area contributed by atoms with E-state index in [0.29, 0.717) is 15.7 Å². The molecule has 0 fully saturated rings. The topological polar surface area (TPSA) is 50.4 Å². The molecule has 2 N–H and O–H groups in total. The van der Waals surface area contributed by atoms with Crippen LogP contribution in [0.15, 0.2) is 48.5 Å². The number of ether oxygens (including phenoxy) is 1. The van der Waals surface area contributed by atoms with Crippen LogP contribution < -0.4 is 10.6 Å². The second-order valence-corrected chi connectivity index (χ2v) is 5.38. The number of nitrogens with one attached hydrogen (secondary N) is 2. The van der Waals surface area contributed by atoms with E-state index >= 15 is 0 Å². The van der Waals surface area contributed by atoms with E-state index in [9.17, 15) is 4.79 Å². The first-order valence-corrected chi connectivity index (χ1v) is 7.44. The number of para-hydroxylation sites is 1. The Labute approximate surface area is 139 Å². The summed E-state index contributed by atoms with van der Waals surface area (Å²) in [5, 5.41) is 6.51. The first-order chi connectivity index (χ1) is 10.6. The van der Waals surface area contributed by atoms with Crippen LogP contribution in [0.1, 0.15) is 11.7 Å². The maximum Gasteiger partial charge on any atom is 0.319 e. The highest BCUT2D eigenvalue weighted by atomic mass is 35.5. The zero-order valence-corrected chi connectivity index (χ0v) is 13.5. The highest BCUT2D eigenvalue weighted by molar-refractivity contribution is 6.33. The highest BCUT2D eigenvalue weighted by Crippen LogP contribution is 2.24. The Morgan fingerprint density at radius 1 is 1.09 bits per heavy atom. The average molecular weight is 339 g/mol. The van der Waals surface area contributed by atoms with Crippen LogP contribution in [0.4, 0.5) is 10.5 Å². The van der Waals surface area contributed by atoms with E-state index in [0.717, 1.165) is 5.56 Å². The van der Waals surface area contributed by atoms with Crippen molar-refractivity contribution in [2.75, 3.05) is 19.0 Å². The summed E-state index contributed by atoms with van der Waals surface area (Å²) in [4.78, 5) is 11.9. The quantitative estimate of drug-likeness (QED) is 0.842. The zero-order valence-electron chi connectivity index (χ0n) is 12.0. The molecule has 2 rings (SSSR count). The summed E-state index contributed by atoms with van der Waals surface area (Å²) in [5.41, 5.74) is 1.37. The van der Waals surface area contributed by atoms with Crippen LogP contribution in [0.3, 0.4) is 0 Å². The molecule has 2 aromatic rings. The number of benzene rings is 2. The fourth-order valence-corrected chi connectivity index (χ4v) is 2.41. The summed E-state index contributed by atoms with van der Waals surface area (Å²) in [6.45, 7) is 0.288. The second-order valence-electron chi connectivity index (χ2n) is 4.56. The van der Waals surface area contributed by atoms with Gasteiger partial charge in [-0.3, -0.25) is 0 Å². The van der Waals surface area contributed by atoms with Gasteiger partial charge in [0.15, 0.2) is 0 Å². The Morgan fingerprint density at radius 3 is 2.36 bits per heavy atom. The average Bonchev–Trinajstić information content (AvgIpc) is 2.52. The second kappa shape index (κ2) is 8.03. The standard InChI is InChI=1S/C16H16Cl2N2O2/c1-22-15(11-6-2-3-7-12(11)17)10-19-16(21)20-14-9-5-4-8-13(14)18/h2-9,15H,10H2,1H3,(H2,19,20,21). The third-order valence-electron chi connectivity index (χ3n) is 3.11. The SMILES string of the molecule is COC(CNC(=O)Nc1ccccc1Cl)c1ccccc1Cl. The number of rotatable bonds is 5. The van der Waals surface area contributed by atoms with E-state index in [1.54, 1.807) is 37.4 Å². The van der Waals surface area contributed by atoms with E-state index < -0.39 is 0 Å². The molecule has 4 nitrogen and oxygen atoms in total. The molecule has 6 heteroatoms. The minimum absolute atomic E-state index is 0.288. The fourth-order valence-electron chi connectivity index (χ4n) is 1.97. The molecule has 0 saturated carbocycles. The molecule has 0 aliphatic carbocycles. The van der Waals surface area contributed by atoms with Crippen LogP contribution in [-0.2, 0) is 4.74 Å². The van der Waals surface area contributed by atoms with E-state index in [2.05, 4.69) is 10.6 Å². The lowest BCUT2D eigenvalue weighted by Crippen LogP contribution is -2.33. The van der Waals surface area contributed by atoms with Crippen LogP contribution in [0.25, 0.3) is 0 Å². The number of carbonyl (C=O) groups is 1. The predicted molar refractivity (Wildman–Crippen MR) is 89.7 cm³/mol. The van der Waals surface area contributed by atoms with Crippen molar-refractivity contribution in [2.24, 2.45) is 0 Å². The summed E-state index contributed by atoms with van der Waals surface area (Å²) < 4.78 is 5.39. The van der Waals surface area contributed by atoms with Crippen molar-refractivity contribution in [3.8, 4) is 0 Å². The van der Waals surface area contributed by atoms with Gasteiger partial charge in [-0.25, -0.2) is 4.79 Å². The lowest BCUT2D eigenvalue weighted by molar-refractivity contribution is 0.104. The molecule has 0 aromatic heterocycles. The molecule has 0 saturated heterocycles. The van der Waals surface area contributed by atoms with Gasteiger partial charge in [0.2, 0.25) is 0 Å². The molecule has 22 heavy (non-hydrogen) atoms. The Balaban J connectivity index is 1.95. The normalized spacial score (nSPS) is 11.8.